The molecule has 1 spiro atoms. The summed E-state index contributed by atoms with van der Waals surface area (Å²) in [6.45, 7) is 4.55. The number of hydrogen-bond acceptors (Lipinski definition) is 6. The molecule has 4 rings (SSSR count). The van der Waals surface area contributed by atoms with Crippen LogP contribution in [-0.2, 0) is 16.6 Å². The largest absolute Gasteiger partial charge is 0.383 e. The average molecular weight is 404 g/mol. The molecule has 0 radical (unpaired) electrons. The maximum absolute atomic E-state index is 13.4. The number of aromatic nitrogens is 3. The predicted octanol–water partition coefficient (Wildman–Crippen LogP) is 1.29. The van der Waals surface area contributed by atoms with Crippen LogP contribution in [0, 0.1) is 12.3 Å². The van der Waals surface area contributed by atoms with Gasteiger partial charge >= 0.3 is 0 Å². The van der Waals surface area contributed by atoms with Gasteiger partial charge < -0.3 is 19.1 Å². The highest BCUT2D eigenvalue weighted by Crippen LogP contribution is 2.49. The van der Waals surface area contributed by atoms with Gasteiger partial charge in [0.25, 0.3) is 5.91 Å². The lowest BCUT2D eigenvalue weighted by Crippen LogP contribution is -2.41. The first-order chi connectivity index (χ1) is 13.4. The summed E-state index contributed by atoms with van der Waals surface area (Å²) >= 11 is 1.46. The number of likely N-dealkylation sites (tertiary alicyclic amines) is 2. The molecule has 2 fully saturated rings. The Bertz CT molecular complexity index is 894. The summed E-state index contributed by atoms with van der Waals surface area (Å²) in [6.07, 6.45) is 4.43. The molecule has 0 aliphatic carbocycles. The second-order valence-corrected chi connectivity index (χ2v) is 8.71. The van der Waals surface area contributed by atoms with Crippen LogP contribution in [0.15, 0.2) is 17.9 Å². The molecule has 2 atom stereocenters. The quantitative estimate of drug-likeness (QED) is 0.752. The molecule has 150 valence electrons. The number of aryl methyl sites for hydroxylation is 2. The number of thiazole rings is 1. The monoisotopic (exact) mass is 403 g/mol. The summed E-state index contributed by atoms with van der Waals surface area (Å²) in [5, 5.41) is 2.65. The summed E-state index contributed by atoms with van der Waals surface area (Å²) in [6, 6.07) is 0. The molecule has 0 saturated carbocycles. The van der Waals surface area contributed by atoms with E-state index in [2.05, 4.69) is 9.97 Å². The van der Waals surface area contributed by atoms with E-state index in [1.54, 1.807) is 23.7 Å². The summed E-state index contributed by atoms with van der Waals surface area (Å²) in [7, 11) is 3.55. The van der Waals surface area contributed by atoms with Crippen molar-refractivity contribution < 1.29 is 14.3 Å². The number of carbonyl (C=O) groups is 2. The molecule has 0 aromatic carbocycles. The van der Waals surface area contributed by atoms with Crippen molar-refractivity contribution in [3.63, 3.8) is 0 Å². The lowest BCUT2D eigenvalue weighted by atomic mass is 9.75. The van der Waals surface area contributed by atoms with Crippen molar-refractivity contribution in [1.29, 1.82) is 0 Å². The smallest absolute Gasteiger partial charge is 0.273 e. The molecule has 2 aromatic heterocycles. The number of amides is 2. The summed E-state index contributed by atoms with van der Waals surface area (Å²) in [4.78, 5) is 39.0. The fraction of sp³-hybridized carbons (Fsp3) is 0.579. The van der Waals surface area contributed by atoms with Gasteiger partial charge in [0.1, 0.15) is 5.69 Å². The maximum atomic E-state index is 13.4. The van der Waals surface area contributed by atoms with Crippen LogP contribution in [0.4, 0.5) is 0 Å². The molecule has 2 amide bonds. The highest BCUT2D eigenvalue weighted by Gasteiger charge is 2.58. The van der Waals surface area contributed by atoms with Crippen molar-refractivity contribution in [2.45, 2.75) is 19.3 Å². The minimum atomic E-state index is -0.622. The van der Waals surface area contributed by atoms with Crippen LogP contribution in [0.1, 0.15) is 33.5 Å². The molecule has 4 heterocycles. The molecule has 0 bridgehead atoms. The average Bonchev–Trinajstić information content (AvgIpc) is 3.43. The molecule has 0 unspecified atom stereocenters. The highest BCUT2D eigenvalue weighted by atomic mass is 32.1. The van der Waals surface area contributed by atoms with Crippen molar-refractivity contribution in [3.05, 3.63) is 34.3 Å². The van der Waals surface area contributed by atoms with Crippen molar-refractivity contribution in [1.82, 2.24) is 24.3 Å². The Morgan fingerprint density at radius 2 is 2.29 bits per heavy atom. The second kappa shape index (κ2) is 7.29. The Kier molecular flexibility index (Phi) is 4.96. The van der Waals surface area contributed by atoms with E-state index in [0.717, 1.165) is 17.1 Å². The number of nitrogens with zero attached hydrogens (tertiary/aromatic N) is 5. The standard InChI is InChI=1S/C19H25N5O3S/c1-13-21-16(10-28-13)17(25)24-8-14(15-9-22(2)12-20-15)19(11-24)4-5-23(18(19)26)6-7-27-3/h9-10,12,14H,4-8,11H2,1-3H3/t14-,19-/m0/s1. The number of methoxy groups -OCH3 is 1. The van der Waals surface area contributed by atoms with E-state index in [9.17, 15) is 9.59 Å². The molecule has 2 saturated heterocycles. The Hall–Kier alpha value is -2.26. The van der Waals surface area contributed by atoms with Gasteiger partial charge in [-0.3, -0.25) is 9.59 Å². The lowest BCUT2D eigenvalue weighted by Gasteiger charge is -2.27. The van der Waals surface area contributed by atoms with E-state index in [0.29, 0.717) is 38.5 Å². The number of hydrogen-bond donors (Lipinski definition) is 0. The fourth-order valence-electron chi connectivity index (χ4n) is 4.42. The molecule has 28 heavy (non-hydrogen) atoms. The van der Waals surface area contributed by atoms with Crippen LogP contribution in [-0.4, -0.2) is 76.0 Å². The van der Waals surface area contributed by atoms with Gasteiger partial charge in [-0.1, -0.05) is 0 Å². The van der Waals surface area contributed by atoms with Gasteiger partial charge in [0.05, 0.1) is 29.1 Å². The first kappa shape index (κ1) is 19.1. The van der Waals surface area contributed by atoms with Crippen molar-refractivity contribution in [2.75, 3.05) is 39.9 Å². The minimum Gasteiger partial charge on any atom is -0.383 e. The van der Waals surface area contributed by atoms with Crippen molar-refractivity contribution >= 4 is 23.2 Å². The van der Waals surface area contributed by atoms with Gasteiger partial charge in [-0.05, 0) is 13.3 Å². The molecule has 2 aliphatic rings. The first-order valence-electron chi connectivity index (χ1n) is 9.42. The molecular weight excluding hydrogens is 378 g/mol. The van der Waals surface area contributed by atoms with Crippen molar-refractivity contribution in [3.8, 4) is 0 Å². The number of ether oxygens (including phenoxy) is 1. The van der Waals surface area contributed by atoms with Crippen molar-refractivity contribution in [2.24, 2.45) is 12.5 Å². The highest BCUT2D eigenvalue weighted by molar-refractivity contribution is 7.09. The third kappa shape index (κ3) is 3.12. The molecule has 0 N–H and O–H groups in total. The topological polar surface area (TPSA) is 80.6 Å². The van der Waals surface area contributed by atoms with Gasteiger partial charge in [-0.2, -0.15) is 0 Å². The zero-order chi connectivity index (χ0) is 19.9. The number of carbonyl (C=O) groups excluding carboxylic acids is 2. The van der Waals surface area contributed by atoms with Crippen LogP contribution in [0.25, 0.3) is 0 Å². The predicted molar refractivity (Wildman–Crippen MR) is 104 cm³/mol. The van der Waals surface area contributed by atoms with E-state index in [-0.39, 0.29) is 17.7 Å². The van der Waals surface area contributed by atoms with Gasteiger partial charge in [-0.15, -0.1) is 11.3 Å². The first-order valence-corrected chi connectivity index (χ1v) is 10.3. The summed E-state index contributed by atoms with van der Waals surface area (Å²) in [5.74, 6) is -0.118. The Morgan fingerprint density at radius 3 is 2.93 bits per heavy atom. The van der Waals surface area contributed by atoms with E-state index in [1.165, 1.54) is 11.3 Å². The number of imidazole rings is 1. The third-order valence-corrected chi connectivity index (χ3v) is 6.63. The normalized spacial score (nSPS) is 24.7. The third-order valence-electron chi connectivity index (χ3n) is 5.86. The number of rotatable bonds is 5. The van der Waals surface area contributed by atoms with E-state index in [1.807, 2.05) is 29.6 Å². The summed E-state index contributed by atoms with van der Waals surface area (Å²) < 4.78 is 7.04. The van der Waals surface area contributed by atoms with Gasteiger partial charge in [-0.25, -0.2) is 9.97 Å². The van der Waals surface area contributed by atoms with Gasteiger partial charge in [0.2, 0.25) is 5.91 Å². The Balaban J connectivity index is 1.65. The Labute approximate surface area is 168 Å². The molecule has 8 nitrogen and oxygen atoms in total. The zero-order valence-corrected chi connectivity index (χ0v) is 17.2. The summed E-state index contributed by atoms with van der Waals surface area (Å²) in [5.41, 5.74) is 0.707. The van der Waals surface area contributed by atoms with Crippen LogP contribution in [0.5, 0.6) is 0 Å². The van der Waals surface area contributed by atoms with Crippen LogP contribution in [0.2, 0.25) is 0 Å². The van der Waals surface area contributed by atoms with E-state index < -0.39 is 5.41 Å². The van der Waals surface area contributed by atoms with Gasteiger partial charge in [0, 0.05) is 57.8 Å². The zero-order valence-electron chi connectivity index (χ0n) is 16.4. The molecule has 2 aliphatic heterocycles. The van der Waals surface area contributed by atoms with E-state index >= 15 is 0 Å². The van der Waals surface area contributed by atoms with Crippen LogP contribution < -0.4 is 0 Å². The minimum absolute atomic E-state index is 0.102. The van der Waals surface area contributed by atoms with Crippen LogP contribution >= 0.6 is 11.3 Å². The molecular formula is C19H25N5O3S. The fourth-order valence-corrected chi connectivity index (χ4v) is 5.01. The van der Waals surface area contributed by atoms with E-state index in [4.69, 9.17) is 4.74 Å². The second-order valence-electron chi connectivity index (χ2n) is 7.65. The SMILES string of the molecule is COCCN1CC[C@@]2(CN(C(=O)c3csc(C)n3)C[C@H]2c2cn(C)cn2)C1=O. The maximum Gasteiger partial charge on any atom is 0.273 e. The molecule has 2 aromatic rings. The lowest BCUT2D eigenvalue weighted by molar-refractivity contribution is -0.136. The van der Waals surface area contributed by atoms with Gasteiger partial charge in [0.15, 0.2) is 0 Å². The Morgan fingerprint density at radius 1 is 1.46 bits per heavy atom. The van der Waals surface area contributed by atoms with Crippen LogP contribution in [0.3, 0.4) is 0 Å². The molecule has 9 heteroatoms.